The summed E-state index contributed by atoms with van der Waals surface area (Å²) in [6, 6.07) is 0.663. The van der Waals surface area contributed by atoms with Gasteiger partial charge >= 0.3 is 6.18 Å². The molecule has 2 atom stereocenters. The Bertz CT molecular complexity index is 421. The highest BCUT2D eigenvalue weighted by atomic mass is 35.5. The van der Waals surface area contributed by atoms with E-state index in [0.29, 0.717) is 6.07 Å². The Labute approximate surface area is 100.0 Å². The van der Waals surface area contributed by atoms with Gasteiger partial charge in [-0.15, -0.1) is 0 Å². The lowest BCUT2D eigenvalue weighted by Gasteiger charge is -2.34. The number of hydrogen-bond donors (Lipinski definition) is 2. The number of benzene rings is 1. The number of halogens is 5. The summed E-state index contributed by atoms with van der Waals surface area (Å²) < 4.78 is 51.5. The third-order valence-corrected chi connectivity index (χ3v) is 2.76. The van der Waals surface area contributed by atoms with Crippen LogP contribution in [0.15, 0.2) is 18.2 Å². The molecule has 0 radical (unpaired) electrons. The van der Waals surface area contributed by atoms with Crippen molar-refractivity contribution < 1.29 is 22.7 Å². The normalized spacial score (nSPS) is 17.6. The lowest BCUT2D eigenvalue weighted by Crippen LogP contribution is -2.54. The molecule has 0 fully saturated rings. The van der Waals surface area contributed by atoms with Crippen molar-refractivity contribution in [3.05, 3.63) is 34.6 Å². The fourth-order valence-electron chi connectivity index (χ4n) is 1.45. The fourth-order valence-corrected chi connectivity index (χ4v) is 1.71. The van der Waals surface area contributed by atoms with E-state index in [-0.39, 0.29) is 0 Å². The summed E-state index contributed by atoms with van der Waals surface area (Å²) in [6.45, 7) is 0.967. The molecule has 3 N–H and O–H groups in total. The van der Waals surface area contributed by atoms with Crippen LogP contribution < -0.4 is 5.73 Å². The highest BCUT2D eigenvalue weighted by Crippen LogP contribution is 2.43. The molecular weight excluding hydrogens is 262 g/mol. The first-order valence-electron chi connectivity index (χ1n) is 4.61. The minimum absolute atomic E-state index is 0.400. The molecule has 1 aromatic carbocycles. The van der Waals surface area contributed by atoms with Crippen molar-refractivity contribution in [2.75, 3.05) is 0 Å². The van der Waals surface area contributed by atoms with Crippen molar-refractivity contribution in [3.63, 3.8) is 0 Å². The molecule has 17 heavy (non-hydrogen) atoms. The predicted molar refractivity (Wildman–Crippen MR) is 55.0 cm³/mol. The molecular formula is C10H10ClF4NO. The summed E-state index contributed by atoms with van der Waals surface area (Å²) in [5, 5.41) is 9.30. The zero-order chi connectivity index (χ0) is 13.4. The van der Waals surface area contributed by atoms with E-state index >= 15 is 0 Å². The van der Waals surface area contributed by atoms with E-state index in [1.807, 2.05) is 0 Å². The van der Waals surface area contributed by atoms with E-state index in [4.69, 9.17) is 17.3 Å². The highest BCUT2D eigenvalue weighted by molar-refractivity contribution is 6.31. The van der Waals surface area contributed by atoms with Crippen molar-refractivity contribution in [3.8, 4) is 0 Å². The van der Waals surface area contributed by atoms with Crippen LogP contribution in [0.4, 0.5) is 17.6 Å². The molecule has 0 saturated heterocycles. The monoisotopic (exact) mass is 271 g/mol. The number of nitrogens with two attached hydrogens (primary N) is 1. The second-order valence-electron chi connectivity index (χ2n) is 3.68. The van der Waals surface area contributed by atoms with Crippen molar-refractivity contribution >= 4 is 11.6 Å². The third kappa shape index (κ3) is 2.38. The van der Waals surface area contributed by atoms with Crippen LogP contribution in [0.1, 0.15) is 12.5 Å². The van der Waals surface area contributed by atoms with Crippen LogP contribution in [-0.2, 0) is 5.60 Å². The summed E-state index contributed by atoms with van der Waals surface area (Å²) in [6.07, 6.45) is -5.06. The third-order valence-electron chi connectivity index (χ3n) is 2.43. The van der Waals surface area contributed by atoms with E-state index in [1.54, 1.807) is 0 Å². The van der Waals surface area contributed by atoms with Gasteiger partial charge in [0, 0.05) is 16.6 Å². The average Bonchev–Trinajstić information content (AvgIpc) is 2.18. The van der Waals surface area contributed by atoms with Crippen molar-refractivity contribution in [1.29, 1.82) is 0 Å². The second-order valence-corrected chi connectivity index (χ2v) is 4.08. The number of aliphatic hydroxyl groups is 1. The van der Waals surface area contributed by atoms with Gasteiger partial charge in [0.2, 0.25) is 5.60 Å². The molecule has 0 aliphatic carbocycles. The first-order chi connectivity index (χ1) is 7.60. The largest absolute Gasteiger partial charge is 0.423 e. The molecule has 1 aromatic rings. The van der Waals surface area contributed by atoms with Crippen LogP contribution in [0.5, 0.6) is 0 Å². The summed E-state index contributed by atoms with van der Waals surface area (Å²) in [5.41, 5.74) is 0.984. The lowest BCUT2D eigenvalue weighted by atomic mass is 9.87. The topological polar surface area (TPSA) is 46.2 Å². The Morgan fingerprint density at radius 3 is 2.29 bits per heavy atom. The molecule has 0 heterocycles. The summed E-state index contributed by atoms with van der Waals surface area (Å²) >= 11 is 5.55. The Hall–Kier alpha value is -0.850. The van der Waals surface area contributed by atoms with Gasteiger partial charge in [0.1, 0.15) is 5.82 Å². The maximum Gasteiger partial charge on any atom is 0.423 e. The average molecular weight is 272 g/mol. The fraction of sp³-hybridized carbons (Fsp3) is 0.400. The van der Waals surface area contributed by atoms with Gasteiger partial charge in [-0.05, 0) is 25.1 Å². The molecule has 0 bridgehead atoms. The molecule has 0 saturated carbocycles. The quantitative estimate of drug-likeness (QED) is 0.812. The van der Waals surface area contributed by atoms with Crippen LogP contribution in [0.2, 0.25) is 5.02 Å². The van der Waals surface area contributed by atoms with Crippen LogP contribution in [0.3, 0.4) is 0 Å². The Morgan fingerprint density at radius 1 is 1.35 bits per heavy atom. The standard InChI is InChI=1S/C10H10ClF4NO/c1-5(16)9(17,10(13,14)15)7-4-6(12)2-3-8(7)11/h2-5,17H,16H2,1H3. The van der Waals surface area contributed by atoms with Gasteiger partial charge in [-0.25, -0.2) is 4.39 Å². The molecule has 2 unspecified atom stereocenters. The first-order valence-corrected chi connectivity index (χ1v) is 4.98. The Balaban J connectivity index is 3.48. The number of rotatable bonds is 2. The van der Waals surface area contributed by atoms with Gasteiger partial charge in [0.25, 0.3) is 0 Å². The molecule has 7 heteroatoms. The molecule has 0 aliphatic heterocycles. The van der Waals surface area contributed by atoms with Gasteiger partial charge in [-0.1, -0.05) is 11.6 Å². The predicted octanol–water partition coefficient (Wildman–Crippen LogP) is 2.58. The summed E-state index contributed by atoms with van der Waals surface area (Å²) in [5.74, 6) is -0.937. The van der Waals surface area contributed by atoms with Crippen molar-refractivity contribution in [2.45, 2.75) is 24.7 Å². The van der Waals surface area contributed by atoms with Crippen molar-refractivity contribution in [1.82, 2.24) is 0 Å². The molecule has 0 aliphatic rings. The molecule has 0 aromatic heterocycles. The van der Waals surface area contributed by atoms with Crippen molar-refractivity contribution in [2.24, 2.45) is 5.73 Å². The van der Waals surface area contributed by atoms with Gasteiger partial charge < -0.3 is 10.8 Å². The Kier molecular flexibility index (Phi) is 3.71. The minimum Gasteiger partial charge on any atom is -0.375 e. The van der Waals surface area contributed by atoms with Crippen LogP contribution in [-0.4, -0.2) is 17.3 Å². The molecule has 0 spiro atoms. The summed E-state index contributed by atoms with van der Waals surface area (Å²) in [7, 11) is 0. The van der Waals surface area contributed by atoms with E-state index in [0.717, 1.165) is 19.1 Å². The van der Waals surface area contributed by atoms with Gasteiger partial charge in [-0.2, -0.15) is 13.2 Å². The molecule has 2 nitrogen and oxygen atoms in total. The van der Waals surface area contributed by atoms with Crippen LogP contribution in [0, 0.1) is 5.82 Å². The van der Waals surface area contributed by atoms with Crippen LogP contribution >= 0.6 is 11.6 Å². The van der Waals surface area contributed by atoms with E-state index in [2.05, 4.69) is 0 Å². The second kappa shape index (κ2) is 4.44. The molecule has 1 rings (SSSR count). The zero-order valence-electron chi connectivity index (χ0n) is 8.72. The highest BCUT2D eigenvalue weighted by Gasteiger charge is 2.58. The first kappa shape index (κ1) is 14.2. The van der Waals surface area contributed by atoms with Gasteiger partial charge in [0.15, 0.2) is 0 Å². The van der Waals surface area contributed by atoms with E-state index < -0.39 is 34.2 Å². The van der Waals surface area contributed by atoms with Gasteiger partial charge in [-0.3, -0.25) is 0 Å². The number of hydrogen-bond acceptors (Lipinski definition) is 2. The van der Waals surface area contributed by atoms with Crippen LogP contribution in [0.25, 0.3) is 0 Å². The number of alkyl halides is 3. The smallest absolute Gasteiger partial charge is 0.375 e. The Morgan fingerprint density at radius 2 is 1.88 bits per heavy atom. The zero-order valence-corrected chi connectivity index (χ0v) is 9.48. The minimum atomic E-state index is -5.06. The molecule has 96 valence electrons. The lowest BCUT2D eigenvalue weighted by molar-refractivity contribution is -0.272. The maximum absolute atomic E-state index is 13.0. The van der Waals surface area contributed by atoms with E-state index in [9.17, 15) is 22.7 Å². The maximum atomic E-state index is 13.0. The SMILES string of the molecule is CC(N)C(O)(c1cc(F)ccc1Cl)C(F)(F)F. The van der Waals surface area contributed by atoms with Gasteiger partial charge in [0.05, 0.1) is 0 Å². The summed E-state index contributed by atoms with van der Waals surface area (Å²) in [4.78, 5) is 0. The molecule has 0 amide bonds. The van der Waals surface area contributed by atoms with E-state index in [1.165, 1.54) is 0 Å².